The van der Waals surface area contributed by atoms with E-state index in [1.807, 2.05) is 13.8 Å². The van der Waals surface area contributed by atoms with Gasteiger partial charge in [-0.15, -0.1) is 0 Å². The van der Waals surface area contributed by atoms with Gasteiger partial charge in [0.05, 0.1) is 17.1 Å². The minimum Gasteiger partial charge on any atom is -0.392 e. The number of hydrogen-bond donors (Lipinski definition) is 1. The Hall–Kier alpha value is -1.01. The van der Waals surface area contributed by atoms with Crippen molar-refractivity contribution >= 4 is 39.0 Å². The fraction of sp³-hybridized carbons (Fsp3) is 0.333. The molecule has 1 rings (SSSR count). The van der Waals surface area contributed by atoms with E-state index in [4.69, 9.17) is 18.0 Å². The molecule has 0 spiro atoms. The highest BCUT2D eigenvalue weighted by molar-refractivity contribution is 9.10. The molecule has 0 bridgehead atoms. The van der Waals surface area contributed by atoms with Crippen molar-refractivity contribution in [2.24, 2.45) is 5.73 Å². The van der Waals surface area contributed by atoms with Gasteiger partial charge in [0.1, 0.15) is 5.82 Å². The number of nitrogens with two attached hydrogens (primary N) is 1. The Morgan fingerprint density at radius 3 is 2.61 bits per heavy atom. The van der Waals surface area contributed by atoms with E-state index in [-0.39, 0.29) is 23.1 Å². The normalized spacial score (nSPS) is 10.5. The van der Waals surface area contributed by atoms with Crippen LogP contribution in [0.2, 0.25) is 0 Å². The van der Waals surface area contributed by atoms with Gasteiger partial charge in [-0.05, 0) is 32.0 Å². The van der Waals surface area contributed by atoms with E-state index in [1.165, 1.54) is 17.0 Å². The highest BCUT2D eigenvalue weighted by atomic mass is 79.9. The van der Waals surface area contributed by atoms with Crippen LogP contribution in [0.5, 0.6) is 0 Å². The molecule has 0 aliphatic heterocycles. The van der Waals surface area contributed by atoms with Gasteiger partial charge in [-0.25, -0.2) is 4.39 Å². The van der Waals surface area contributed by atoms with Gasteiger partial charge >= 0.3 is 0 Å². The van der Waals surface area contributed by atoms with Crippen LogP contribution < -0.4 is 5.73 Å². The monoisotopic (exact) mass is 332 g/mol. The van der Waals surface area contributed by atoms with E-state index >= 15 is 0 Å². The van der Waals surface area contributed by atoms with Gasteiger partial charge in [-0.1, -0.05) is 28.1 Å². The second kappa shape index (κ2) is 6.24. The lowest BCUT2D eigenvalue weighted by Gasteiger charge is -2.26. The van der Waals surface area contributed by atoms with Crippen molar-refractivity contribution < 1.29 is 9.18 Å². The number of hydrogen-bond acceptors (Lipinski definition) is 2. The maximum Gasteiger partial charge on any atom is 0.257 e. The molecule has 0 aromatic heterocycles. The van der Waals surface area contributed by atoms with E-state index in [1.54, 1.807) is 6.07 Å². The third-order valence-corrected chi connectivity index (χ3v) is 2.99. The molecule has 0 unspecified atom stereocenters. The van der Waals surface area contributed by atoms with Crippen molar-refractivity contribution in [3.63, 3.8) is 0 Å². The van der Waals surface area contributed by atoms with Crippen LogP contribution in [0.25, 0.3) is 0 Å². The van der Waals surface area contributed by atoms with Crippen LogP contribution >= 0.6 is 28.1 Å². The summed E-state index contributed by atoms with van der Waals surface area (Å²) in [6, 6.07) is 4.21. The summed E-state index contributed by atoms with van der Waals surface area (Å²) in [5.74, 6) is -0.981. The standard InChI is InChI=1S/C12H14BrFN2OS/c1-7(2)16(6-11(15)18)12(17)9-4-3-8(13)5-10(9)14/h3-5,7H,6H2,1-2H3,(H2,15,18). The molecule has 2 N–H and O–H groups in total. The highest BCUT2D eigenvalue weighted by Crippen LogP contribution is 2.17. The molecule has 0 aliphatic carbocycles. The summed E-state index contributed by atoms with van der Waals surface area (Å²) >= 11 is 7.94. The lowest BCUT2D eigenvalue weighted by Crippen LogP contribution is -2.42. The second-order valence-corrected chi connectivity index (χ2v) is 5.56. The van der Waals surface area contributed by atoms with Gasteiger partial charge in [-0.2, -0.15) is 0 Å². The van der Waals surface area contributed by atoms with Crippen LogP contribution in [-0.2, 0) is 0 Å². The average Bonchev–Trinajstić information content (AvgIpc) is 2.24. The molecule has 1 aromatic rings. The lowest BCUT2D eigenvalue weighted by atomic mass is 10.1. The summed E-state index contributed by atoms with van der Waals surface area (Å²) in [6.45, 7) is 3.79. The number of carbonyl (C=O) groups excluding carboxylic acids is 1. The third kappa shape index (κ3) is 3.74. The molecular formula is C12H14BrFN2OS. The van der Waals surface area contributed by atoms with Crippen molar-refractivity contribution in [1.29, 1.82) is 0 Å². The number of benzene rings is 1. The van der Waals surface area contributed by atoms with Crippen molar-refractivity contribution in [1.82, 2.24) is 4.90 Å². The average molecular weight is 333 g/mol. The zero-order valence-electron chi connectivity index (χ0n) is 10.1. The van der Waals surface area contributed by atoms with Crippen LogP contribution in [0.15, 0.2) is 22.7 Å². The second-order valence-electron chi connectivity index (χ2n) is 4.12. The quantitative estimate of drug-likeness (QED) is 0.862. The van der Waals surface area contributed by atoms with Crippen LogP contribution in [0.1, 0.15) is 24.2 Å². The van der Waals surface area contributed by atoms with Gasteiger partial charge in [0.15, 0.2) is 0 Å². The molecule has 1 amide bonds. The molecule has 0 atom stereocenters. The van der Waals surface area contributed by atoms with Gasteiger partial charge < -0.3 is 10.6 Å². The first-order valence-electron chi connectivity index (χ1n) is 5.37. The van der Waals surface area contributed by atoms with E-state index in [0.717, 1.165) is 0 Å². The van der Waals surface area contributed by atoms with Crippen LogP contribution in [0.3, 0.4) is 0 Å². The van der Waals surface area contributed by atoms with E-state index in [0.29, 0.717) is 4.47 Å². The molecule has 0 saturated heterocycles. The maximum absolute atomic E-state index is 13.7. The first-order chi connectivity index (χ1) is 8.32. The minimum absolute atomic E-state index is 0.0168. The van der Waals surface area contributed by atoms with Crippen molar-refractivity contribution in [2.75, 3.05) is 6.54 Å². The van der Waals surface area contributed by atoms with Crippen LogP contribution in [0.4, 0.5) is 4.39 Å². The zero-order chi connectivity index (χ0) is 13.9. The van der Waals surface area contributed by atoms with Gasteiger partial charge in [0.25, 0.3) is 5.91 Å². The van der Waals surface area contributed by atoms with E-state index in [9.17, 15) is 9.18 Å². The molecule has 3 nitrogen and oxygen atoms in total. The highest BCUT2D eigenvalue weighted by Gasteiger charge is 2.22. The Kier molecular flexibility index (Phi) is 5.22. The first-order valence-corrected chi connectivity index (χ1v) is 6.57. The molecule has 98 valence electrons. The predicted molar refractivity (Wildman–Crippen MR) is 77.1 cm³/mol. The Labute approximate surface area is 119 Å². The van der Waals surface area contributed by atoms with Gasteiger partial charge in [0.2, 0.25) is 0 Å². The molecule has 0 aliphatic rings. The van der Waals surface area contributed by atoms with Crippen molar-refractivity contribution in [3.05, 3.63) is 34.1 Å². The number of halogens is 2. The molecule has 6 heteroatoms. The van der Waals surface area contributed by atoms with Crippen LogP contribution in [-0.4, -0.2) is 28.4 Å². The third-order valence-electron chi connectivity index (χ3n) is 2.37. The molecule has 0 saturated carbocycles. The summed E-state index contributed by atoms with van der Waals surface area (Å²) in [5.41, 5.74) is 5.46. The lowest BCUT2D eigenvalue weighted by molar-refractivity contribution is 0.0731. The number of nitrogens with zero attached hydrogens (tertiary/aromatic N) is 1. The topological polar surface area (TPSA) is 46.3 Å². The zero-order valence-corrected chi connectivity index (χ0v) is 12.5. The number of amides is 1. The molecule has 1 aromatic carbocycles. The minimum atomic E-state index is -0.567. The Bertz CT molecular complexity index is 479. The molecule has 0 radical (unpaired) electrons. The van der Waals surface area contributed by atoms with Gasteiger partial charge in [0, 0.05) is 10.5 Å². The fourth-order valence-electron chi connectivity index (χ4n) is 1.47. The van der Waals surface area contributed by atoms with Crippen molar-refractivity contribution in [3.8, 4) is 0 Å². The molecule has 0 heterocycles. The van der Waals surface area contributed by atoms with Crippen LogP contribution in [0, 0.1) is 5.82 Å². The smallest absolute Gasteiger partial charge is 0.257 e. The summed E-state index contributed by atoms with van der Waals surface area (Å²) in [5, 5.41) is 0. The largest absolute Gasteiger partial charge is 0.392 e. The van der Waals surface area contributed by atoms with E-state index < -0.39 is 11.7 Å². The molecule has 18 heavy (non-hydrogen) atoms. The number of thiocarbonyl (C=S) groups is 1. The Morgan fingerprint density at radius 1 is 1.56 bits per heavy atom. The summed E-state index contributed by atoms with van der Waals surface area (Å²) in [7, 11) is 0. The maximum atomic E-state index is 13.7. The molecular weight excluding hydrogens is 319 g/mol. The summed E-state index contributed by atoms with van der Waals surface area (Å²) in [4.78, 5) is 13.9. The van der Waals surface area contributed by atoms with E-state index in [2.05, 4.69) is 15.9 Å². The fourth-order valence-corrected chi connectivity index (χ4v) is 1.95. The SMILES string of the molecule is CC(C)N(CC(N)=S)C(=O)c1ccc(Br)cc1F. The summed E-state index contributed by atoms with van der Waals surface area (Å²) < 4.78 is 14.3. The predicted octanol–water partition coefficient (Wildman–Crippen LogP) is 2.72. The van der Waals surface area contributed by atoms with Gasteiger partial charge in [-0.3, -0.25) is 4.79 Å². The number of rotatable bonds is 4. The Balaban J connectivity index is 3.05. The Morgan fingerprint density at radius 2 is 2.17 bits per heavy atom. The van der Waals surface area contributed by atoms with Crippen molar-refractivity contribution in [2.45, 2.75) is 19.9 Å². The number of carbonyl (C=O) groups is 1. The first kappa shape index (κ1) is 15.0. The summed E-state index contributed by atoms with van der Waals surface area (Å²) in [6.07, 6.45) is 0. The molecule has 0 fully saturated rings.